The molecular weight excluding hydrogens is 346 g/mol. The fourth-order valence-electron chi connectivity index (χ4n) is 2.83. The minimum absolute atomic E-state index is 0.00522. The Labute approximate surface area is 154 Å². The molecule has 136 valence electrons. The van der Waals surface area contributed by atoms with Gasteiger partial charge in [0.2, 0.25) is 14.9 Å². The van der Waals surface area contributed by atoms with E-state index in [9.17, 15) is 8.42 Å². The maximum absolute atomic E-state index is 13.0. The van der Waals surface area contributed by atoms with E-state index in [2.05, 4.69) is 31.1 Å². The standard InChI is InChI=1S/C20H23N3O2S/c1-5-16-6-10-18(11-7-16)23-15(4)20(21-22-23)26(24,25)19-12-8-17(9-13-19)14(2)3/h6-14H,5H2,1-4H3. The molecule has 0 aliphatic heterocycles. The number of benzene rings is 2. The van der Waals surface area contributed by atoms with Gasteiger partial charge in [-0.1, -0.05) is 50.3 Å². The van der Waals surface area contributed by atoms with E-state index in [1.807, 2.05) is 36.4 Å². The van der Waals surface area contributed by atoms with Gasteiger partial charge in [0.25, 0.3) is 0 Å². The summed E-state index contributed by atoms with van der Waals surface area (Å²) in [6.07, 6.45) is 0.947. The van der Waals surface area contributed by atoms with Crippen LogP contribution < -0.4 is 0 Å². The molecule has 0 saturated heterocycles. The topological polar surface area (TPSA) is 64.8 Å². The van der Waals surface area contributed by atoms with E-state index in [0.717, 1.165) is 17.7 Å². The second-order valence-corrected chi connectivity index (χ2v) is 8.50. The minimum atomic E-state index is -3.71. The van der Waals surface area contributed by atoms with Crippen LogP contribution in [0.2, 0.25) is 0 Å². The number of rotatable bonds is 5. The molecule has 0 aliphatic carbocycles. The Balaban J connectivity index is 1.99. The van der Waals surface area contributed by atoms with Gasteiger partial charge in [0.05, 0.1) is 16.3 Å². The van der Waals surface area contributed by atoms with Crippen molar-refractivity contribution >= 4 is 9.84 Å². The third-order valence-electron chi connectivity index (χ3n) is 4.55. The van der Waals surface area contributed by atoms with Crippen LogP contribution in [0.15, 0.2) is 58.5 Å². The quantitative estimate of drug-likeness (QED) is 0.679. The highest BCUT2D eigenvalue weighted by atomic mass is 32.2. The third kappa shape index (κ3) is 3.29. The first kappa shape index (κ1) is 18.3. The van der Waals surface area contributed by atoms with E-state index in [1.54, 1.807) is 23.7 Å². The van der Waals surface area contributed by atoms with E-state index in [4.69, 9.17) is 0 Å². The minimum Gasteiger partial charge on any atom is -0.217 e. The fraction of sp³-hybridized carbons (Fsp3) is 0.300. The molecule has 3 rings (SSSR count). The molecule has 2 aromatic carbocycles. The number of hydrogen-bond acceptors (Lipinski definition) is 4. The van der Waals surface area contributed by atoms with Gasteiger partial charge in [0, 0.05) is 0 Å². The summed E-state index contributed by atoms with van der Waals surface area (Å²) in [6, 6.07) is 14.8. The summed E-state index contributed by atoms with van der Waals surface area (Å²) < 4.78 is 27.5. The van der Waals surface area contributed by atoms with Crippen LogP contribution in [0.5, 0.6) is 0 Å². The molecule has 0 amide bonds. The highest BCUT2D eigenvalue weighted by molar-refractivity contribution is 7.91. The van der Waals surface area contributed by atoms with Crippen LogP contribution in [0.25, 0.3) is 5.69 Å². The Kier molecular flexibility index (Phi) is 4.96. The van der Waals surface area contributed by atoms with E-state index < -0.39 is 9.84 Å². The molecule has 0 fully saturated rings. The molecule has 0 spiro atoms. The van der Waals surface area contributed by atoms with Crippen molar-refractivity contribution in [1.29, 1.82) is 0 Å². The molecule has 0 atom stereocenters. The number of aryl methyl sites for hydroxylation is 1. The Morgan fingerprint density at radius 3 is 2.15 bits per heavy atom. The summed E-state index contributed by atoms with van der Waals surface area (Å²) in [4.78, 5) is 0.235. The van der Waals surface area contributed by atoms with Crippen molar-refractivity contribution in [2.75, 3.05) is 0 Å². The van der Waals surface area contributed by atoms with Crippen LogP contribution in [0, 0.1) is 6.92 Å². The molecule has 5 nitrogen and oxygen atoms in total. The number of nitrogens with zero attached hydrogens (tertiary/aromatic N) is 3. The van der Waals surface area contributed by atoms with Crippen molar-refractivity contribution in [3.63, 3.8) is 0 Å². The zero-order valence-electron chi connectivity index (χ0n) is 15.5. The first-order chi connectivity index (χ1) is 12.3. The molecule has 0 aliphatic rings. The normalized spacial score (nSPS) is 11.9. The summed E-state index contributed by atoms with van der Waals surface area (Å²) in [5.41, 5.74) is 3.61. The third-order valence-corrected chi connectivity index (χ3v) is 6.33. The van der Waals surface area contributed by atoms with Crippen molar-refractivity contribution in [3.05, 3.63) is 65.4 Å². The van der Waals surface area contributed by atoms with Crippen LogP contribution in [0.4, 0.5) is 0 Å². The second-order valence-electron chi connectivity index (χ2n) is 6.64. The lowest BCUT2D eigenvalue weighted by Crippen LogP contribution is -2.06. The highest BCUT2D eigenvalue weighted by Gasteiger charge is 2.26. The fourth-order valence-corrected chi connectivity index (χ4v) is 4.16. The molecule has 1 aromatic heterocycles. The van der Waals surface area contributed by atoms with Gasteiger partial charge in [0.15, 0.2) is 0 Å². The lowest BCUT2D eigenvalue weighted by atomic mass is 10.0. The first-order valence-corrected chi connectivity index (χ1v) is 10.2. The Morgan fingerprint density at radius 2 is 1.62 bits per heavy atom. The van der Waals surface area contributed by atoms with Crippen LogP contribution in [0.1, 0.15) is 43.5 Å². The van der Waals surface area contributed by atoms with Gasteiger partial charge in [0.1, 0.15) is 0 Å². The SMILES string of the molecule is CCc1ccc(-n2nnc(S(=O)(=O)c3ccc(C(C)C)cc3)c2C)cc1. The molecule has 0 bridgehead atoms. The summed E-state index contributed by atoms with van der Waals surface area (Å²) in [6.45, 7) is 7.96. The number of hydrogen-bond donors (Lipinski definition) is 0. The molecule has 0 N–H and O–H groups in total. The number of sulfone groups is 1. The van der Waals surface area contributed by atoms with Crippen molar-refractivity contribution < 1.29 is 8.42 Å². The van der Waals surface area contributed by atoms with Gasteiger partial charge in [-0.3, -0.25) is 0 Å². The van der Waals surface area contributed by atoms with Gasteiger partial charge >= 0.3 is 0 Å². The molecule has 0 saturated carbocycles. The lowest BCUT2D eigenvalue weighted by Gasteiger charge is -2.08. The average molecular weight is 369 g/mol. The lowest BCUT2D eigenvalue weighted by molar-refractivity contribution is 0.591. The number of aromatic nitrogens is 3. The van der Waals surface area contributed by atoms with E-state index in [-0.39, 0.29) is 9.92 Å². The van der Waals surface area contributed by atoms with Crippen molar-refractivity contribution in [2.45, 2.75) is 50.0 Å². The zero-order valence-corrected chi connectivity index (χ0v) is 16.3. The van der Waals surface area contributed by atoms with Crippen molar-refractivity contribution in [1.82, 2.24) is 15.0 Å². The summed E-state index contributed by atoms with van der Waals surface area (Å²) >= 11 is 0. The highest BCUT2D eigenvalue weighted by Crippen LogP contribution is 2.25. The molecule has 1 heterocycles. The maximum atomic E-state index is 13.0. The molecule has 0 unspecified atom stereocenters. The predicted octanol–water partition coefficient (Wildman–Crippen LogP) is 4.09. The Morgan fingerprint density at radius 1 is 1.00 bits per heavy atom. The van der Waals surface area contributed by atoms with Crippen molar-refractivity contribution in [3.8, 4) is 5.69 Å². The van der Waals surface area contributed by atoms with E-state index in [1.165, 1.54) is 5.56 Å². The van der Waals surface area contributed by atoms with E-state index in [0.29, 0.717) is 11.6 Å². The smallest absolute Gasteiger partial charge is 0.217 e. The first-order valence-electron chi connectivity index (χ1n) is 8.71. The largest absolute Gasteiger partial charge is 0.227 e. The average Bonchev–Trinajstić information content (AvgIpc) is 3.04. The maximum Gasteiger partial charge on any atom is 0.227 e. The molecule has 6 heteroatoms. The Bertz CT molecular complexity index is 1000. The van der Waals surface area contributed by atoms with Crippen LogP contribution in [-0.2, 0) is 16.3 Å². The second kappa shape index (κ2) is 7.03. The van der Waals surface area contributed by atoms with Crippen LogP contribution in [0.3, 0.4) is 0 Å². The zero-order chi connectivity index (χ0) is 18.9. The monoisotopic (exact) mass is 369 g/mol. The van der Waals surface area contributed by atoms with Crippen LogP contribution >= 0.6 is 0 Å². The summed E-state index contributed by atoms with van der Waals surface area (Å²) in [7, 11) is -3.71. The van der Waals surface area contributed by atoms with Gasteiger partial charge < -0.3 is 0 Å². The van der Waals surface area contributed by atoms with E-state index >= 15 is 0 Å². The summed E-state index contributed by atoms with van der Waals surface area (Å²) in [5.74, 6) is 0.348. The predicted molar refractivity (Wildman–Crippen MR) is 101 cm³/mol. The van der Waals surface area contributed by atoms with Crippen LogP contribution in [-0.4, -0.2) is 23.4 Å². The van der Waals surface area contributed by atoms with Gasteiger partial charge in [-0.05, 0) is 54.7 Å². The molecule has 3 aromatic rings. The van der Waals surface area contributed by atoms with Crippen molar-refractivity contribution in [2.24, 2.45) is 0 Å². The van der Waals surface area contributed by atoms with Gasteiger partial charge in [-0.15, -0.1) is 5.10 Å². The van der Waals surface area contributed by atoms with Gasteiger partial charge in [-0.2, -0.15) is 0 Å². The summed E-state index contributed by atoms with van der Waals surface area (Å²) in [5, 5.41) is 8.03. The molecular formula is C20H23N3O2S. The molecule has 0 radical (unpaired) electrons. The van der Waals surface area contributed by atoms with Gasteiger partial charge in [-0.25, -0.2) is 13.1 Å². The Hall–Kier alpha value is -2.47. The molecule has 26 heavy (non-hydrogen) atoms.